The standard InChI is InChI=1S/C21H16F3N3O2S/c1-12-7-8-13(2)16(9-12)26-19(29)14(10-25)20-27(18(28)11-30-20)17-6-4-3-5-15(17)21(22,23)24/h3-9H,11H2,1-2H3,(H,26,29)/b20-14+. The Bertz CT molecular complexity index is 1100. The van der Waals surface area contributed by atoms with E-state index in [9.17, 15) is 28.0 Å². The number of carbonyl (C=O) groups excluding carboxylic acids is 2. The molecule has 2 aromatic rings. The Hall–Kier alpha value is -3.25. The molecule has 2 aromatic carbocycles. The van der Waals surface area contributed by atoms with Crippen LogP contribution in [0.4, 0.5) is 24.5 Å². The van der Waals surface area contributed by atoms with Gasteiger partial charge in [0.1, 0.15) is 16.7 Å². The van der Waals surface area contributed by atoms with Gasteiger partial charge in [-0.15, -0.1) is 0 Å². The van der Waals surface area contributed by atoms with Crippen LogP contribution in [-0.4, -0.2) is 17.6 Å². The summed E-state index contributed by atoms with van der Waals surface area (Å²) in [7, 11) is 0. The molecule has 1 saturated heterocycles. The zero-order valence-electron chi connectivity index (χ0n) is 16.0. The SMILES string of the molecule is Cc1ccc(C)c(NC(=O)/C(C#N)=C2/SCC(=O)N2c2ccccc2C(F)(F)F)c1. The maximum Gasteiger partial charge on any atom is 0.418 e. The maximum atomic E-state index is 13.5. The van der Waals surface area contributed by atoms with E-state index in [4.69, 9.17) is 0 Å². The van der Waals surface area contributed by atoms with Crippen LogP contribution in [0.2, 0.25) is 0 Å². The first-order valence-corrected chi connectivity index (χ1v) is 9.77. The fraction of sp³-hybridized carbons (Fsp3) is 0.190. The van der Waals surface area contributed by atoms with Gasteiger partial charge in [0, 0.05) is 5.69 Å². The largest absolute Gasteiger partial charge is 0.418 e. The summed E-state index contributed by atoms with van der Waals surface area (Å²) in [6, 6.07) is 11.7. The number of halogens is 3. The van der Waals surface area contributed by atoms with Gasteiger partial charge in [-0.2, -0.15) is 18.4 Å². The summed E-state index contributed by atoms with van der Waals surface area (Å²) < 4.78 is 40.4. The van der Waals surface area contributed by atoms with Crippen molar-refractivity contribution < 1.29 is 22.8 Å². The third-order valence-electron chi connectivity index (χ3n) is 4.43. The first-order chi connectivity index (χ1) is 14.1. The molecule has 1 aliphatic heterocycles. The highest BCUT2D eigenvalue weighted by Crippen LogP contribution is 2.42. The van der Waals surface area contributed by atoms with Crippen LogP contribution in [0.1, 0.15) is 16.7 Å². The van der Waals surface area contributed by atoms with Crippen LogP contribution in [0.15, 0.2) is 53.1 Å². The summed E-state index contributed by atoms with van der Waals surface area (Å²) >= 11 is 0.857. The number of hydrogen-bond acceptors (Lipinski definition) is 4. The van der Waals surface area contributed by atoms with Gasteiger partial charge >= 0.3 is 6.18 Å². The van der Waals surface area contributed by atoms with E-state index in [0.717, 1.165) is 39.9 Å². The predicted octanol–water partition coefficient (Wildman–Crippen LogP) is 4.78. The Kier molecular flexibility index (Phi) is 5.89. The molecule has 0 bridgehead atoms. The summed E-state index contributed by atoms with van der Waals surface area (Å²) in [4.78, 5) is 26.0. The summed E-state index contributed by atoms with van der Waals surface area (Å²) in [5.74, 6) is -1.61. The molecule has 0 spiro atoms. The van der Waals surface area contributed by atoms with Gasteiger partial charge in [0.25, 0.3) is 5.91 Å². The summed E-state index contributed by atoms with van der Waals surface area (Å²) in [6.07, 6.45) is -4.71. The van der Waals surface area contributed by atoms with Crippen molar-refractivity contribution in [2.75, 3.05) is 16.0 Å². The van der Waals surface area contributed by atoms with Crippen molar-refractivity contribution in [3.8, 4) is 6.07 Å². The number of thioether (sulfide) groups is 1. The maximum absolute atomic E-state index is 13.5. The first-order valence-electron chi connectivity index (χ1n) is 8.78. The van der Waals surface area contributed by atoms with Gasteiger partial charge in [-0.3, -0.25) is 14.5 Å². The lowest BCUT2D eigenvalue weighted by molar-refractivity contribution is -0.137. The minimum absolute atomic E-state index is 0.123. The number of para-hydroxylation sites is 1. The van der Waals surface area contributed by atoms with Crippen molar-refractivity contribution >= 4 is 35.0 Å². The predicted molar refractivity (Wildman–Crippen MR) is 109 cm³/mol. The van der Waals surface area contributed by atoms with Gasteiger partial charge in [0.05, 0.1) is 17.0 Å². The number of benzene rings is 2. The Morgan fingerprint density at radius 3 is 2.57 bits per heavy atom. The molecule has 3 rings (SSSR count). The third kappa shape index (κ3) is 4.19. The molecule has 0 aliphatic carbocycles. The lowest BCUT2D eigenvalue weighted by atomic mass is 10.1. The Morgan fingerprint density at radius 2 is 1.90 bits per heavy atom. The van der Waals surface area contributed by atoms with E-state index < -0.39 is 34.8 Å². The normalized spacial score (nSPS) is 15.7. The molecule has 0 radical (unpaired) electrons. The smallest absolute Gasteiger partial charge is 0.321 e. The molecule has 9 heteroatoms. The molecule has 1 aliphatic rings. The minimum atomic E-state index is -4.71. The molecule has 0 unspecified atom stereocenters. The van der Waals surface area contributed by atoms with E-state index in [-0.39, 0.29) is 10.8 Å². The Morgan fingerprint density at radius 1 is 1.20 bits per heavy atom. The van der Waals surface area contributed by atoms with Gasteiger partial charge in [0.15, 0.2) is 0 Å². The first kappa shape index (κ1) is 21.5. The quantitative estimate of drug-likeness (QED) is 0.561. The zero-order valence-corrected chi connectivity index (χ0v) is 16.8. The lowest BCUT2D eigenvalue weighted by Gasteiger charge is -2.22. The molecule has 5 nitrogen and oxygen atoms in total. The van der Waals surface area contributed by atoms with Crippen LogP contribution < -0.4 is 10.2 Å². The molecule has 1 N–H and O–H groups in total. The van der Waals surface area contributed by atoms with Gasteiger partial charge in [0.2, 0.25) is 5.91 Å². The molecule has 2 amide bonds. The van der Waals surface area contributed by atoms with Gasteiger partial charge in [-0.05, 0) is 43.2 Å². The minimum Gasteiger partial charge on any atom is -0.321 e. The Balaban J connectivity index is 2.07. The average molecular weight is 431 g/mol. The van der Waals surface area contributed by atoms with Crippen LogP contribution in [0.3, 0.4) is 0 Å². The van der Waals surface area contributed by atoms with E-state index in [0.29, 0.717) is 5.69 Å². The van der Waals surface area contributed by atoms with Crippen molar-refractivity contribution in [2.45, 2.75) is 20.0 Å². The number of carbonyl (C=O) groups is 2. The summed E-state index contributed by atoms with van der Waals surface area (Å²) in [5.41, 5.74) is 0.250. The highest BCUT2D eigenvalue weighted by molar-refractivity contribution is 8.04. The molecule has 0 atom stereocenters. The average Bonchev–Trinajstić information content (AvgIpc) is 3.05. The molecule has 0 aromatic heterocycles. The molecule has 0 saturated carbocycles. The fourth-order valence-electron chi connectivity index (χ4n) is 2.96. The van der Waals surface area contributed by atoms with Crippen molar-refractivity contribution in [2.24, 2.45) is 0 Å². The molecule has 30 heavy (non-hydrogen) atoms. The number of hydrogen-bond donors (Lipinski definition) is 1. The second-order valence-corrected chi connectivity index (χ2v) is 7.56. The van der Waals surface area contributed by atoms with E-state index in [1.165, 1.54) is 12.1 Å². The van der Waals surface area contributed by atoms with Crippen LogP contribution in [0.25, 0.3) is 0 Å². The highest BCUT2D eigenvalue weighted by Gasteiger charge is 2.40. The molecule has 1 fully saturated rings. The van der Waals surface area contributed by atoms with Crippen LogP contribution in [-0.2, 0) is 15.8 Å². The number of amides is 2. The van der Waals surface area contributed by atoms with Gasteiger partial charge < -0.3 is 5.32 Å². The van der Waals surface area contributed by atoms with E-state index >= 15 is 0 Å². The molecule has 1 heterocycles. The number of nitrogens with one attached hydrogen (secondary N) is 1. The van der Waals surface area contributed by atoms with Crippen LogP contribution in [0.5, 0.6) is 0 Å². The summed E-state index contributed by atoms with van der Waals surface area (Å²) in [6.45, 7) is 3.61. The lowest BCUT2D eigenvalue weighted by Crippen LogP contribution is -2.29. The summed E-state index contributed by atoms with van der Waals surface area (Å²) in [5, 5.41) is 12.1. The molecule has 154 valence electrons. The second kappa shape index (κ2) is 8.24. The van der Waals surface area contributed by atoms with E-state index in [1.54, 1.807) is 25.1 Å². The van der Waals surface area contributed by atoms with E-state index in [2.05, 4.69) is 5.32 Å². The van der Waals surface area contributed by atoms with Crippen LogP contribution in [0, 0.1) is 25.2 Å². The van der Waals surface area contributed by atoms with Crippen LogP contribution >= 0.6 is 11.8 Å². The Labute approximate surface area is 175 Å². The number of anilines is 2. The fourth-order valence-corrected chi connectivity index (χ4v) is 3.96. The number of nitrogens with zero attached hydrogens (tertiary/aromatic N) is 2. The second-order valence-electron chi connectivity index (χ2n) is 6.60. The number of alkyl halides is 3. The zero-order chi connectivity index (χ0) is 22.1. The van der Waals surface area contributed by atoms with Crippen molar-refractivity contribution in [1.82, 2.24) is 0 Å². The third-order valence-corrected chi connectivity index (χ3v) is 5.48. The van der Waals surface area contributed by atoms with Gasteiger partial charge in [-0.25, -0.2) is 0 Å². The number of nitriles is 1. The van der Waals surface area contributed by atoms with Crippen molar-refractivity contribution in [1.29, 1.82) is 5.26 Å². The van der Waals surface area contributed by atoms with E-state index in [1.807, 2.05) is 13.0 Å². The molecular weight excluding hydrogens is 415 g/mol. The molecular formula is C21H16F3N3O2S. The highest BCUT2D eigenvalue weighted by atomic mass is 32.2. The van der Waals surface area contributed by atoms with Crippen molar-refractivity contribution in [3.05, 3.63) is 69.8 Å². The van der Waals surface area contributed by atoms with Crippen molar-refractivity contribution in [3.63, 3.8) is 0 Å². The monoisotopic (exact) mass is 431 g/mol. The number of rotatable bonds is 3. The number of aryl methyl sites for hydroxylation is 2. The topological polar surface area (TPSA) is 73.2 Å². The van der Waals surface area contributed by atoms with Gasteiger partial charge in [-0.1, -0.05) is 36.0 Å².